The van der Waals surface area contributed by atoms with Crippen LogP contribution in [0.2, 0.25) is 0 Å². The number of benzene rings is 1. The van der Waals surface area contributed by atoms with Crippen molar-refractivity contribution in [1.29, 1.82) is 0 Å². The molecule has 2 aliphatic rings. The van der Waals surface area contributed by atoms with Crippen molar-refractivity contribution in [3.63, 3.8) is 0 Å². The molecule has 0 atom stereocenters. The number of alkyl halides is 1. The van der Waals surface area contributed by atoms with E-state index in [1.807, 2.05) is 12.1 Å². The highest BCUT2D eigenvalue weighted by atomic mass is 19.1. The van der Waals surface area contributed by atoms with Gasteiger partial charge in [0, 0.05) is 28.9 Å². The van der Waals surface area contributed by atoms with E-state index >= 15 is 0 Å². The Labute approximate surface area is 216 Å². The summed E-state index contributed by atoms with van der Waals surface area (Å²) in [5.41, 5.74) is 3.58. The number of carbonyl (C=O) groups is 1. The number of hydrogen-bond acceptors (Lipinski definition) is 7. The molecule has 3 aromatic rings. The van der Waals surface area contributed by atoms with Crippen LogP contribution in [0.3, 0.4) is 0 Å². The molecule has 0 spiro atoms. The molecule has 5 rings (SSSR count). The summed E-state index contributed by atoms with van der Waals surface area (Å²) in [6, 6.07) is 11.9. The molecule has 0 saturated heterocycles. The molecule has 1 aliphatic carbocycles. The number of anilines is 4. The van der Waals surface area contributed by atoms with E-state index in [2.05, 4.69) is 62.2 Å². The fourth-order valence-corrected chi connectivity index (χ4v) is 4.49. The molecule has 1 saturated carbocycles. The topological polar surface area (TPSA) is 104 Å². The summed E-state index contributed by atoms with van der Waals surface area (Å²) in [5.74, 6) is 0.938. The highest BCUT2D eigenvalue weighted by Gasteiger charge is 2.28. The smallest absolute Gasteiger partial charge is 0.256 e. The van der Waals surface area contributed by atoms with Crippen molar-refractivity contribution in [3.05, 3.63) is 65.0 Å². The largest absolute Gasteiger partial charge is 0.349 e. The first-order chi connectivity index (χ1) is 17.6. The van der Waals surface area contributed by atoms with Crippen molar-refractivity contribution in [2.24, 2.45) is 0 Å². The van der Waals surface area contributed by atoms with Gasteiger partial charge in [0.25, 0.3) is 5.91 Å². The Morgan fingerprint density at radius 1 is 1.16 bits per heavy atom. The minimum absolute atomic E-state index is 0.0749. The van der Waals surface area contributed by atoms with E-state index in [1.165, 1.54) is 17.3 Å². The number of aromatic nitrogens is 3. The van der Waals surface area contributed by atoms with Crippen molar-refractivity contribution < 1.29 is 9.18 Å². The van der Waals surface area contributed by atoms with Gasteiger partial charge >= 0.3 is 0 Å². The quantitative estimate of drug-likeness (QED) is 0.347. The Bertz CT molecular complexity index is 1320. The Balaban J connectivity index is 1.44. The van der Waals surface area contributed by atoms with Crippen LogP contribution in [0.1, 0.15) is 67.7 Å². The lowest BCUT2D eigenvalue weighted by atomic mass is 9.85. The Morgan fingerprint density at radius 3 is 2.73 bits per heavy atom. The number of pyridine rings is 1. The van der Waals surface area contributed by atoms with Crippen LogP contribution in [0.4, 0.5) is 27.7 Å². The van der Waals surface area contributed by atoms with Crippen LogP contribution in [0.15, 0.2) is 42.6 Å². The number of nitrogens with one attached hydrogen (secondary N) is 4. The fourth-order valence-electron chi connectivity index (χ4n) is 4.49. The number of nitrogens with zero attached hydrogens (tertiary/aromatic N) is 3. The zero-order valence-corrected chi connectivity index (χ0v) is 21.8. The van der Waals surface area contributed by atoms with Crippen LogP contribution in [0, 0.1) is 0 Å². The predicted octanol–water partition coefficient (Wildman–Crippen LogP) is 4.88. The van der Waals surface area contributed by atoms with Gasteiger partial charge in [0.1, 0.15) is 23.9 Å². The highest BCUT2D eigenvalue weighted by Crippen LogP contribution is 2.31. The molecule has 1 aromatic carbocycles. The number of amides is 1. The van der Waals surface area contributed by atoms with Gasteiger partial charge in [-0.05, 0) is 75.0 Å². The summed E-state index contributed by atoms with van der Waals surface area (Å²) in [7, 11) is 0. The SMILES string of the molecule is CC(C)(CF)c1cccc(Nc2nc(Nc3ccc4c(c3)CCNC4(C)C)ncc2C(=O)NC2CC2)n1. The average Bonchev–Trinajstić information content (AvgIpc) is 3.68. The molecule has 0 unspecified atom stereocenters. The summed E-state index contributed by atoms with van der Waals surface area (Å²) in [5, 5.41) is 13.0. The van der Waals surface area contributed by atoms with E-state index < -0.39 is 12.1 Å². The maximum atomic E-state index is 13.6. The summed E-state index contributed by atoms with van der Waals surface area (Å²) in [4.78, 5) is 26.6. The van der Waals surface area contributed by atoms with Crippen molar-refractivity contribution >= 4 is 29.2 Å². The summed E-state index contributed by atoms with van der Waals surface area (Å²) < 4.78 is 13.6. The standard InChI is InChI=1S/C28H34FN7O/c1-27(2,16-29)22-6-5-7-23(34-22)35-24-20(25(37)32-18-8-9-18)15-30-26(36-24)33-19-10-11-21-17(14-19)12-13-31-28(21,3)4/h5-7,10-11,14-15,18,31H,8-9,12-13,16H2,1-4H3,(H,32,37)(H2,30,33,34,35,36). The van der Waals surface area contributed by atoms with Crippen LogP contribution in [0.25, 0.3) is 0 Å². The fraction of sp³-hybridized carbons (Fsp3) is 0.429. The van der Waals surface area contributed by atoms with E-state index in [9.17, 15) is 9.18 Å². The van der Waals surface area contributed by atoms with Gasteiger partial charge in [0.15, 0.2) is 0 Å². The maximum absolute atomic E-state index is 13.6. The number of hydrogen-bond donors (Lipinski definition) is 4. The first-order valence-electron chi connectivity index (χ1n) is 12.8. The minimum Gasteiger partial charge on any atom is -0.349 e. The average molecular weight is 504 g/mol. The summed E-state index contributed by atoms with van der Waals surface area (Å²) in [6.45, 7) is 8.36. The first-order valence-corrected chi connectivity index (χ1v) is 12.8. The van der Waals surface area contributed by atoms with Gasteiger partial charge in [-0.3, -0.25) is 9.18 Å². The molecule has 8 nitrogen and oxygen atoms in total. The van der Waals surface area contributed by atoms with Gasteiger partial charge in [-0.15, -0.1) is 0 Å². The third-order valence-electron chi connectivity index (χ3n) is 6.97. The van der Waals surface area contributed by atoms with Crippen LogP contribution < -0.4 is 21.3 Å². The van der Waals surface area contributed by atoms with E-state index in [1.54, 1.807) is 26.0 Å². The minimum atomic E-state index is -0.723. The Morgan fingerprint density at radius 2 is 1.97 bits per heavy atom. The lowest BCUT2D eigenvalue weighted by Gasteiger charge is -2.34. The second-order valence-electron chi connectivity index (χ2n) is 11.1. The normalized spacial score (nSPS) is 16.6. The monoisotopic (exact) mass is 503 g/mol. The molecule has 37 heavy (non-hydrogen) atoms. The molecular weight excluding hydrogens is 469 g/mol. The van der Waals surface area contributed by atoms with E-state index in [0.29, 0.717) is 28.8 Å². The Kier molecular flexibility index (Phi) is 6.58. The third-order valence-corrected chi connectivity index (χ3v) is 6.97. The van der Waals surface area contributed by atoms with Gasteiger partial charge in [0.05, 0.1) is 5.69 Å². The molecule has 1 fully saturated rings. The van der Waals surface area contributed by atoms with Gasteiger partial charge in [-0.1, -0.05) is 26.0 Å². The molecule has 2 aromatic heterocycles. The molecule has 9 heteroatoms. The molecule has 3 heterocycles. The molecule has 0 bridgehead atoms. The van der Waals surface area contributed by atoms with Gasteiger partial charge in [-0.25, -0.2) is 9.97 Å². The van der Waals surface area contributed by atoms with Crippen molar-refractivity contribution in [1.82, 2.24) is 25.6 Å². The molecule has 194 valence electrons. The van der Waals surface area contributed by atoms with Gasteiger partial charge < -0.3 is 21.3 Å². The van der Waals surface area contributed by atoms with Crippen molar-refractivity contribution in [2.75, 3.05) is 23.9 Å². The zero-order chi connectivity index (χ0) is 26.2. The van der Waals surface area contributed by atoms with E-state index in [-0.39, 0.29) is 17.5 Å². The van der Waals surface area contributed by atoms with Gasteiger partial charge in [0.2, 0.25) is 5.95 Å². The van der Waals surface area contributed by atoms with E-state index in [4.69, 9.17) is 0 Å². The lowest BCUT2D eigenvalue weighted by Crippen LogP contribution is -2.42. The number of halogens is 1. The molecule has 4 N–H and O–H groups in total. The van der Waals surface area contributed by atoms with Crippen molar-refractivity contribution in [3.8, 4) is 0 Å². The molecule has 1 aliphatic heterocycles. The number of carbonyl (C=O) groups excluding carboxylic acids is 1. The van der Waals surface area contributed by atoms with Crippen LogP contribution in [-0.2, 0) is 17.4 Å². The summed E-state index contributed by atoms with van der Waals surface area (Å²) >= 11 is 0. The van der Waals surface area contributed by atoms with Crippen molar-refractivity contribution in [2.45, 2.75) is 64.0 Å². The molecular formula is C28H34FN7O. The third kappa shape index (κ3) is 5.56. The van der Waals surface area contributed by atoms with Crippen LogP contribution in [-0.4, -0.2) is 40.1 Å². The first kappa shape index (κ1) is 25.1. The second kappa shape index (κ2) is 9.70. The lowest BCUT2D eigenvalue weighted by molar-refractivity contribution is 0.0951. The second-order valence-corrected chi connectivity index (χ2v) is 11.1. The summed E-state index contributed by atoms with van der Waals surface area (Å²) in [6.07, 6.45) is 4.42. The van der Waals surface area contributed by atoms with Gasteiger partial charge in [-0.2, -0.15) is 4.98 Å². The highest BCUT2D eigenvalue weighted by molar-refractivity contribution is 5.99. The molecule has 0 radical (unpaired) electrons. The van der Waals surface area contributed by atoms with E-state index in [0.717, 1.165) is 31.5 Å². The van der Waals surface area contributed by atoms with Crippen LogP contribution >= 0.6 is 0 Å². The predicted molar refractivity (Wildman–Crippen MR) is 143 cm³/mol. The Hall–Kier alpha value is -3.59. The number of rotatable bonds is 8. The maximum Gasteiger partial charge on any atom is 0.256 e. The molecule has 1 amide bonds. The zero-order valence-electron chi connectivity index (χ0n) is 21.8. The number of fused-ring (bicyclic) bond motifs is 1. The van der Waals surface area contributed by atoms with Crippen LogP contribution in [0.5, 0.6) is 0 Å².